The first-order chi connectivity index (χ1) is 11.0. The molecule has 0 nitrogen and oxygen atoms in total. The first kappa shape index (κ1) is 23.2. The summed E-state index contributed by atoms with van der Waals surface area (Å²) in [6.45, 7) is 25.2. The van der Waals surface area contributed by atoms with Gasteiger partial charge in [0, 0.05) is 10.8 Å². The lowest BCUT2D eigenvalue weighted by Gasteiger charge is -2.41. The Labute approximate surface area is 153 Å². The molecule has 0 radical (unpaired) electrons. The molecule has 0 fully saturated rings. The molecule has 0 aromatic heterocycles. The van der Waals surface area contributed by atoms with E-state index in [9.17, 15) is 0 Å². The van der Waals surface area contributed by atoms with Gasteiger partial charge in [-0.05, 0) is 35.3 Å². The molecule has 0 bridgehead atoms. The van der Waals surface area contributed by atoms with Gasteiger partial charge < -0.3 is 0 Å². The molecule has 2 atom stereocenters. The molecule has 0 N–H and O–H groups in total. The van der Waals surface area contributed by atoms with Crippen LogP contribution in [0, 0.1) is 22.2 Å². The summed E-state index contributed by atoms with van der Waals surface area (Å²) in [7, 11) is 0. The monoisotopic (exact) mass is 332 g/mol. The first-order valence-corrected chi connectivity index (χ1v) is 10.2. The van der Waals surface area contributed by atoms with Crippen LogP contribution >= 0.6 is 0 Å². The summed E-state index contributed by atoms with van der Waals surface area (Å²) in [4.78, 5) is 0. The Hall–Kier alpha value is -0.780. The predicted molar refractivity (Wildman–Crippen MR) is 112 cm³/mol. The molecule has 0 heterocycles. The third kappa shape index (κ3) is 5.64. The van der Waals surface area contributed by atoms with Crippen LogP contribution in [0.4, 0.5) is 0 Å². The Balaban J connectivity index is 0.00000254. The summed E-state index contributed by atoms with van der Waals surface area (Å²) >= 11 is 0. The maximum Gasteiger partial charge on any atom is 0.00108 e. The summed E-state index contributed by atoms with van der Waals surface area (Å²) < 4.78 is 0. The third-order valence-corrected chi connectivity index (χ3v) is 5.78. The summed E-state index contributed by atoms with van der Waals surface area (Å²) in [6.07, 6.45) is 13.4. The molecule has 1 rings (SSSR count). The van der Waals surface area contributed by atoms with Crippen molar-refractivity contribution in [1.82, 2.24) is 0 Å². The van der Waals surface area contributed by atoms with E-state index in [2.05, 4.69) is 86.6 Å². The fourth-order valence-electron chi connectivity index (χ4n) is 3.60. The van der Waals surface area contributed by atoms with Gasteiger partial charge in [-0.2, -0.15) is 0 Å². The average Bonchev–Trinajstić information content (AvgIpc) is 2.55. The lowest BCUT2D eigenvalue weighted by Crippen LogP contribution is -2.30. The maximum absolute atomic E-state index is 2.55. The van der Waals surface area contributed by atoms with E-state index in [4.69, 9.17) is 0 Å². The van der Waals surface area contributed by atoms with Gasteiger partial charge >= 0.3 is 0 Å². The van der Waals surface area contributed by atoms with Gasteiger partial charge in [-0.15, -0.1) is 0 Å². The van der Waals surface area contributed by atoms with Crippen molar-refractivity contribution < 1.29 is 0 Å². The van der Waals surface area contributed by atoms with Crippen molar-refractivity contribution in [2.45, 2.75) is 95.4 Å². The van der Waals surface area contributed by atoms with Crippen molar-refractivity contribution in [2.24, 2.45) is 22.2 Å². The highest BCUT2D eigenvalue weighted by molar-refractivity contribution is 5.42. The second-order valence-electron chi connectivity index (χ2n) is 8.64. The summed E-state index contributed by atoms with van der Waals surface area (Å²) in [6, 6.07) is 0. The Kier molecular flexibility index (Phi) is 8.77. The molecule has 1 aliphatic rings. The third-order valence-electron chi connectivity index (χ3n) is 5.78. The van der Waals surface area contributed by atoms with Crippen LogP contribution in [0.5, 0.6) is 0 Å². The molecule has 140 valence electrons. The molecule has 0 saturated heterocycles. The molecule has 0 heteroatoms. The maximum atomic E-state index is 2.55. The zero-order valence-electron chi connectivity index (χ0n) is 18.5. The largest absolute Gasteiger partial charge is 0.0782 e. The van der Waals surface area contributed by atoms with E-state index in [0.29, 0.717) is 5.92 Å². The van der Waals surface area contributed by atoms with Crippen molar-refractivity contribution in [3.05, 3.63) is 35.5 Å². The fourth-order valence-corrected chi connectivity index (χ4v) is 3.60. The van der Waals surface area contributed by atoms with E-state index < -0.39 is 0 Å². The fraction of sp³-hybridized carbons (Fsp3) is 0.750. The standard InChI is InChI=1S/C22H38.C2H6/c1-10-17(4)22(9,12-3)19-16-21(7,8)14-13-20(5,6)15-18(19)11-2;1-2/h13-17H,10-12H2,1-9H3;1-2H3/b14-13-,18-15-,19-16+;. The zero-order chi connectivity index (χ0) is 19.2. The number of allylic oxidation sites excluding steroid dienone is 6. The van der Waals surface area contributed by atoms with Crippen LogP contribution in [0.1, 0.15) is 95.4 Å². The van der Waals surface area contributed by atoms with E-state index in [1.807, 2.05) is 13.8 Å². The van der Waals surface area contributed by atoms with Gasteiger partial charge in [0.1, 0.15) is 0 Å². The predicted octanol–water partition coefficient (Wildman–Crippen LogP) is 8.36. The Bertz CT molecular complexity index is 470. The van der Waals surface area contributed by atoms with Gasteiger partial charge in [0.25, 0.3) is 0 Å². The van der Waals surface area contributed by atoms with Crippen molar-refractivity contribution >= 4 is 0 Å². The highest BCUT2D eigenvalue weighted by Gasteiger charge is 2.36. The van der Waals surface area contributed by atoms with E-state index in [1.54, 1.807) is 11.1 Å². The van der Waals surface area contributed by atoms with Gasteiger partial charge in [0.15, 0.2) is 0 Å². The molecule has 0 amide bonds. The number of rotatable bonds is 5. The summed E-state index contributed by atoms with van der Waals surface area (Å²) in [5.74, 6) is 0.695. The minimum atomic E-state index is 0.116. The van der Waals surface area contributed by atoms with E-state index in [1.165, 1.54) is 12.8 Å². The molecular formula is C24H44. The lowest BCUT2D eigenvalue weighted by molar-refractivity contribution is 0.239. The van der Waals surface area contributed by atoms with Crippen LogP contribution in [0.3, 0.4) is 0 Å². The minimum absolute atomic E-state index is 0.116. The Morgan fingerprint density at radius 1 is 0.917 bits per heavy atom. The molecule has 0 saturated carbocycles. The van der Waals surface area contributed by atoms with Crippen LogP contribution in [0.15, 0.2) is 35.5 Å². The summed E-state index contributed by atoms with van der Waals surface area (Å²) in [5, 5.41) is 0. The van der Waals surface area contributed by atoms with Crippen molar-refractivity contribution in [3.63, 3.8) is 0 Å². The van der Waals surface area contributed by atoms with Crippen molar-refractivity contribution in [1.29, 1.82) is 0 Å². The number of hydrogen-bond donors (Lipinski definition) is 0. The van der Waals surface area contributed by atoms with Crippen molar-refractivity contribution in [3.8, 4) is 0 Å². The van der Waals surface area contributed by atoms with E-state index in [-0.39, 0.29) is 16.2 Å². The SMILES string of the molecule is CC.CCC1=C/C(C)(C)/C=C\C(C)(C)/C=C\1C(C)(CC)C(C)CC. The molecule has 0 aliphatic heterocycles. The lowest BCUT2D eigenvalue weighted by atomic mass is 9.63. The smallest absolute Gasteiger partial charge is 0.00108 e. The summed E-state index contributed by atoms with van der Waals surface area (Å²) in [5.41, 5.74) is 3.65. The van der Waals surface area contributed by atoms with Crippen molar-refractivity contribution in [2.75, 3.05) is 0 Å². The van der Waals surface area contributed by atoms with Gasteiger partial charge in [0.05, 0.1) is 0 Å². The first-order valence-electron chi connectivity index (χ1n) is 10.2. The molecular weight excluding hydrogens is 288 g/mol. The van der Waals surface area contributed by atoms with Crippen LogP contribution < -0.4 is 0 Å². The minimum Gasteiger partial charge on any atom is -0.0782 e. The normalized spacial score (nSPS) is 28.5. The Morgan fingerprint density at radius 3 is 1.75 bits per heavy atom. The Morgan fingerprint density at radius 2 is 1.38 bits per heavy atom. The molecule has 0 aromatic rings. The van der Waals surface area contributed by atoms with E-state index >= 15 is 0 Å². The molecule has 24 heavy (non-hydrogen) atoms. The van der Waals surface area contributed by atoms with Crippen LogP contribution in [0.2, 0.25) is 0 Å². The van der Waals surface area contributed by atoms with E-state index in [0.717, 1.165) is 6.42 Å². The van der Waals surface area contributed by atoms with Gasteiger partial charge in [0.2, 0.25) is 0 Å². The number of hydrogen-bond acceptors (Lipinski definition) is 0. The zero-order valence-corrected chi connectivity index (χ0v) is 18.5. The second-order valence-corrected chi connectivity index (χ2v) is 8.64. The topological polar surface area (TPSA) is 0 Å². The van der Waals surface area contributed by atoms with Gasteiger partial charge in [-0.25, -0.2) is 0 Å². The molecule has 0 aromatic carbocycles. The van der Waals surface area contributed by atoms with Crippen LogP contribution in [0.25, 0.3) is 0 Å². The second kappa shape index (κ2) is 9.07. The molecule has 2 unspecified atom stereocenters. The highest BCUT2D eigenvalue weighted by Crippen LogP contribution is 2.48. The molecule has 1 aliphatic carbocycles. The highest BCUT2D eigenvalue weighted by atomic mass is 14.4. The quantitative estimate of drug-likeness (QED) is 0.443. The van der Waals surface area contributed by atoms with Crippen LogP contribution in [-0.2, 0) is 0 Å². The van der Waals surface area contributed by atoms with Gasteiger partial charge in [-0.3, -0.25) is 0 Å². The average molecular weight is 333 g/mol. The molecule has 0 spiro atoms. The van der Waals surface area contributed by atoms with Crippen LogP contribution in [-0.4, -0.2) is 0 Å². The van der Waals surface area contributed by atoms with Gasteiger partial charge in [-0.1, -0.05) is 107 Å².